The minimum absolute atomic E-state index is 0. The molecule has 2 heterocycles. The van der Waals surface area contributed by atoms with Crippen LogP contribution in [-0.4, -0.2) is 33.3 Å². The van der Waals surface area contributed by atoms with E-state index >= 15 is 0 Å². The van der Waals surface area contributed by atoms with E-state index in [2.05, 4.69) is 51.2 Å². The van der Waals surface area contributed by atoms with Gasteiger partial charge in [0.25, 0.3) is 0 Å². The molecule has 0 saturated heterocycles. The van der Waals surface area contributed by atoms with E-state index < -0.39 is 0 Å². The summed E-state index contributed by atoms with van der Waals surface area (Å²) in [4.78, 5) is 4.58. The number of aliphatic imine (C=N–C) groups is 1. The van der Waals surface area contributed by atoms with Crippen LogP contribution in [0.1, 0.15) is 45.3 Å². The van der Waals surface area contributed by atoms with E-state index in [0.717, 1.165) is 37.1 Å². The third-order valence-electron chi connectivity index (χ3n) is 3.08. The summed E-state index contributed by atoms with van der Waals surface area (Å²) in [6.45, 7) is 8.74. The molecule has 0 bridgehead atoms. The third kappa shape index (κ3) is 4.60. The number of hydrogen-bond acceptors (Lipinski definition) is 3. The molecule has 2 rings (SSSR count). The van der Waals surface area contributed by atoms with Gasteiger partial charge in [0.05, 0.1) is 0 Å². The van der Waals surface area contributed by atoms with Crippen LogP contribution in [0, 0.1) is 0 Å². The Morgan fingerprint density at radius 2 is 2.15 bits per heavy atom. The van der Waals surface area contributed by atoms with Crippen molar-refractivity contribution < 1.29 is 0 Å². The van der Waals surface area contributed by atoms with Crippen molar-refractivity contribution in [2.75, 3.05) is 6.54 Å². The highest BCUT2D eigenvalue weighted by atomic mass is 127. The molecular formula is C13H25IN6. The number of halogens is 1. The van der Waals surface area contributed by atoms with Crippen molar-refractivity contribution in [2.45, 2.75) is 59.2 Å². The first-order valence-electron chi connectivity index (χ1n) is 7.16. The van der Waals surface area contributed by atoms with Crippen molar-refractivity contribution >= 4 is 29.9 Å². The fourth-order valence-corrected chi connectivity index (χ4v) is 2.23. The van der Waals surface area contributed by atoms with Gasteiger partial charge in [0, 0.05) is 25.6 Å². The predicted molar refractivity (Wildman–Crippen MR) is 91.5 cm³/mol. The minimum Gasteiger partial charge on any atom is -0.357 e. The maximum atomic E-state index is 4.58. The normalized spacial score (nSPS) is 14.7. The standard InChI is InChI=1S/C13H24N6.HI/c1-4-14-13(16-10(2)3)15-9-12-18-17-11-7-5-6-8-19(11)12;/h10H,4-9H2,1-3H3,(H2,14,15,16);1H. The molecule has 6 nitrogen and oxygen atoms in total. The highest BCUT2D eigenvalue weighted by molar-refractivity contribution is 14.0. The largest absolute Gasteiger partial charge is 0.357 e. The van der Waals surface area contributed by atoms with E-state index in [1.54, 1.807) is 0 Å². The van der Waals surface area contributed by atoms with Crippen molar-refractivity contribution in [3.63, 3.8) is 0 Å². The molecule has 20 heavy (non-hydrogen) atoms. The van der Waals surface area contributed by atoms with Gasteiger partial charge >= 0.3 is 0 Å². The number of nitrogens with one attached hydrogen (secondary N) is 2. The van der Waals surface area contributed by atoms with Crippen LogP contribution < -0.4 is 10.6 Å². The van der Waals surface area contributed by atoms with E-state index in [1.807, 2.05) is 0 Å². The molecule has 0 unspecified atom stereocenters. The first-order chi connectivity index (χ1) is 9.20. The second-order valence-electron chi connectivity index (χ2n) is 5.14. The lowest BCUT2D eigenvalue weighted by Crippen LogP contribution is -2.41. The third-order valence-corrected chi connectivity index (χ3v) is 3.08. The van der Waals surface area contributed by atoms with Gasteiger partial charge in [-0.3, -0.25) is 0 Å². The molecule has 0 fully saturated rings. The van der Waals surface area contributed by atoms with Gasteiger partial charge in [-0.2, -0.15) is 0 Å². The topological polar surface area (TPSA) is 67.1 Å². The molecule has 0 radical (unpaired) electrons. The molecule has 0 atom stereocenters. The molecule has 0 saturated carbocycles. The first kappa shape index (κ1) is 17.2. The van der Waals surface area contributed by atoms with E-state index in [9.17, 15) is 0 Å². The lowest BCUT2D eigenvalue weighted by molar-refractivity contribution is 0.508. The number of rotatable bonds is 4. The van der Waals surface area contributed by atoms with Crippen LogP contribution in [0.2, 0.25) is 0 Å². The van der Waals surface area contributed by atoms with Crippen LogP contribution in [-0.2, 0) is 19.5 Å². The number of guanidine groups is 1. The molecule has 0 aliphatic carbocycles. The zero-order valence-electron chi connectivity index (χ0n) is 12.5. The molecule has 114 valence electrons. The molecule has 0 spiro atoms. The highest BCUT2D eigenvalue weighted by Gasteiger charge is 2.15. The molecule has 1 aliphatic heterocycles. The Balaban J connectivity index is 0.00000200. The van der Waals surface area contributed by atoms with Gasteiger partial charge < -0.3 is 15.2 Å². The van der Waals surface area contributed by atoms with E-state index in [-0.39, 0.29) is 24.0 Å². The van der Waals surface area contributed by atoms with Crippen LogP contribution >= 0.6 is 24.0 Å². The number of fused-ring (bicyclic) bond motifs is 1. The zero-order chi connectivity index (χ0) is 13.7. The molecule has 2 N–H and O–H groups in total. The summed E-state index contributed by atoms with van der Waals surface area (Å²) in [5.74, 6) is 2.92. The summed E-state index contributed by atoms with van der Waals surface area (Å²) in [5, 5.41) is 15.0. The Morgan fingerprint density at radius 3 is 2.85 bits per heavy atom. The van der Waals surface area contributed by atoms with Crippen molar-refractivity contribution in [2.24, 2.45) is 4.99 Å². The van der Waals surface area contributed by atoms with Gasteiger partial charge in [-0.1, -0.05) is 0 Å². The number of aromatic nitrogens is 3. The van der Waals surface area contributed by atoms with Crippen molar-refractivity contribution in [3.8, 4) is 0 Å². The molecule has 0 aromatic carbocycles. The summed E-state index contributed by atoms with van der Waals surface area (Å²) in [7, 11) is 0. The summed E-state index contributed by atoms with van der Waals surface area (Å²) >= 11 is 0. The minimum atomic E-state index is 0. The van der Waals surface area contributed by atoms with Gasteiger partial charge in [0.1, 0.15) is 12.4 Å². The number of nitrogens with zero attached hydrogens (tertiary/aromatic N) is 4. The molecule has 1 aromatic rings. The fourth-order valence-electron chi connectivity index (χ4n) is 2.23. The molecular weight excluding hydrogens is 367 g/mol. The maximum absolute atomic E-state index is 4.58. The van der Waals surface area contributed by atoms with E-state index in [1.165, 1.54) is 12.8 Å². The Kier molecular flexibility index (Phi) is 7.25. The summed E-state index contributed by atoms with van der Waals surface area (Å²) in [6.07, 6.45) is 3.48. The SMILES string of the molecule is CCNC(=NCc1nnc2n1CCCC2)NC(C)C.I. The maximum Gasteiger partial charge on any atom is 0.191 e. The van der Waals surface area contributed by atoms with Crippen LogP contribution in [0.15, 0.2) is 4.99 Å². The van der Waals surface area contributed by atoms with Crippen molar-refractivity contribution in [3.05, 3.63) is 11.6 Å². The number of hydrogen-bond donors (Lipinski definition) is 2. The van der Waals surface area contributed by atoms with Crippen molar-refractivity contribution in [1.82, 2.24) is 25.4 Å². The Morgan fingerprint density at radius 1 is 1.35 bits per heavy atom. The summed E-state index contributed by atoms with van der Waals surface area (Å²) in [6, 6.07) is 0.366. The van der Waals surface area contributed by atoms with E-state index in [0.29, 0.717) is 12.6 Å². The first-order valence-corrected chi connectivity index (χ1v) is 7.16. The lowest BCUT2D eigenvalue weighted by atomic mass is 10.2. The fraction of sp³-hybridized carbons (Fsp3) is 0.769. The van der Waals surface area contributed by atoms with Crippen LogP contribution in [0.25, 0.3) is 0 Å². The van der Waals surface area contributed by atoms with E-state index in [4.69, 9.17) is 0 Å². The van der Waals surface area contributed by atoms with Crippen LogP contribution in [0.4, 0.5) is 0 Å². The molecule has 1 aromatic heterocycles. The highest BCUT2D eigenvalue weighted by Crippen LogP contribution is 2.14. The van der Waals surface area contributed by atoms with Gasteiger partial charge in [-0.15, -0.1) is 34.2 Å². The molecule has 0 amide bonds. The van der Waals surface area contributed by atoms with Gasteiger partial charge in [0.15, 0.2) is 11.8 Å². The summed E-state index contributed by atoms with van der Waals surface area (Å²) in [5.41, 5.74) is 0. The predicted octanol–water partition coefficient (Wildman–Crippen LogP) is 1.70. The smallest absolute Gasteiger partial charge is 0.191 e. The van der Waals surface area contributed by atoms with Crippen LogP contribution in [0.5, 0.6) is 0 Å². The lowest BCUT2D eigenvalue weighted by Gasteiger charge is -2.15. The Labute approximate surface area is 137 Å². The molecule has 1 aliphatic rings. The Hall–Kier alpha value is -0.860. The quantitative estimate of drug-likeness (QED) is 0.465. The number of aryl methyl sites for hydroxylation is 1. The molecule has 7 heteroatoms. The Bertz CT molecular complexity index is 440. The van der Waals surface area contributed by atoms with Gasteiger partial charge in [-0.05, 0) is 33.6 Å². The monoisotopic (exact) mass is 392 g/mol. The average Bonchev–Trinajstić information content (AvgIpc) is 2.79. The van der Waals surface area contributed by atoms with Crippen molar-refractivity contribution in [1.29, 1.82) is 0 Å². The second-order valence-corrected chi connectivity index (χ2v) is 5.14. The van der Waals surface area contributed by atoms with Crippen LogP contribution in [0.3, 0.4) is 0 Å². The van der Waals surface area contributed by atoms with Gasteiger partial charge in [-0.25, -0.2) is 4.99 Å². The summed E-state index contributed by atoms with van der Waals surface area (Å²) < 4.78 is 2.21. The second kappa shape index (κ2) is 8.43. The zero-order valence-corrected chi connectivity index (χ0v) is 14.8. The van der Waals surface area contributed by atoms with Gasteiger partial charge in [0.2, 0.25) is 0 Å². The average molecular weight is 392 g/mol.